The van der Waals surface area contributed by atoms with Gasteiger partial charge in [0.1, 0.15) is 0 Å². The highest BCUT2D eigenvalue weighted by Gasteiger charge is 2.25. The predicted octanol–water partition coefficient (Wildman–Crippen LogP) is 3.05. The first-order valence-electron chi connectivity index (χ1n) is 8.13. The van der Waals surface area contributed by atoms with Gasteiger partial charge in [0.2, 0.25) is 0 Å². The Morgan fingerprint density at radius 2 is 1.96 bits per heavy atom. The zero-order valence-electron chi connectivity index (χ0n) is 14.5. The van der Waals surface area contributed by atoms with E-state index in [4.69, 9.17) is 11.6 Å². The standard InChI is InChI=1S/C18H20ClN3O2S/c1-11-12(5-4-6-13(11)19)17(23)22-9-7-14-15(8-10-22)25-16(20-14)18(24)21(2)3/h4-6H,7-10H2,1-3H3. The first-order valence-corrected chi connectivity index (χ1v) is 9.32. The van der Waals surface area contributed by atoms with Crippen molar-refractivity contribution >= 4 is 34.8 Å². The third-order valence-electron chi connectivity index (χ3n) is 4.38. The third-order valence-corrected chi connectivity index (χ3v) is 5.93. The molecule has 0 bridgehead atoms. The summed E-state index contributed by atoms with van der Waals surface area (Å²) in [5.74, 6) is -0.0692. The number of amides is 2. The molecule has 25 heavy (non-hydrogen) atoms. The van der Waals surface area contributed by atoms with Crippen molar-refractivity contribution in [1.82, 2.24) is 14.8 Å². The number of hydrogen-bond donors (Lipinski definition) is 0. The van der Waals surface area contributed by atoms with Crippen LogP contribution in [0.5, 0.6) is 0 Å². The van der Waals surface area contributed by atoms with Crippen LogP contribution in [0.3, 0.4) is 0 Å². The van der Waals surface area contributed by atoms with Crippen molar-refractivity contribution in [3.8, 4) is 0 Å². The molecule has 132 valence electrons. The number of rotatable bonds is 2. The van der Waals surface area contributed by atoms with Gasteiger partial charge in [0.05, 0.1) is 5.69 Å². The topological polar surface area (TPSA) is 53.5 Å². The molecule has 0 spiro atoms. The van der Waals surface area contributed by atoms with Gasteiger partial charge in [-0.2, -0.15) is 0 Å². The van der Waals surface area contributed by atoms with Gasteiger partial charge in [-0.05, 0) is 24.6 Å². The molecular weight excluding hydrogens is 358 g/mol. The van der Waals surface area contributed by atoms with Crippen LogP contribution < -0.4 is 0 Å². The summed E-state index contributed by atoms with van der Waals surface area (Å²) in [6, 6.07) is 5.41. The molecule has 2 aromatic rings. The average Bonchev–Trinajstić information content (AvgIpc) is 2.89. The molecular formula is C18H20ClN3O2S. The van der Waals surface area contributed by atoms with Crippen LogP contribution in [0.4, 0.5) is 0 Å². The second kappa shape index (κ2) is 7.14. The van der Waals surface area contributed by atoms with Crippen LogP contribution in [-0.2, 0) is 12.8 Å². The van der Waals surface area contributed by atoms with Crippen LogP contribution in [0, 0.1) is 6.92 Å². The zero-order chi connectivity index (χ0) is 18.1. The van der Waals surface area contributed by atoms with Gasteiger partial charge in [0.25, 0.3) is 11.8 Å². The van der Waals surface area contributed by atoms with Crippen molar-refractivity contribution in [3.63, 3.8) is 0 Å². The van der Waals surface area contributed by atoms with E-state index in [1.165, 1.54) is 16.2 Å². The van der Waals surface area contributed by atoms with Gasteiger partial charge in [0, 0.05) is 55.5 Å². The Hall–Kier alpha value is -1.92. The minimum atomic E-state index is -0.0689. The summed E-state index contributed by atoms with van der Waals surface area (Å²) in [6.07, 6.45) is 1.39. The fourth-order valence-electron chi connectivity index (χ4n) is 2.86. The SMILES string of the molecule is Cc1c(Cl)cccc1C(=O)N1CCc2nc(C(=O)N(C)C)sc2CC1. The van der Waals surface area contributed by atoms with Gasteiger partial charge in [-0.3, -0.25) is 9.59 Å². The molecule has 1 aliphatic rings. The molecule has 5 nitrogen and oxygen atoms in total. The minimum absolute atomic E-state index is 0.000237. The first-order chi connectivity index (χ1) is 11.9. The number of aromatic nitrogens is 1. The normalized spacial score (nSPS) is 14.0. The minimum Gasteiger partial charge on any atom is -0.343 e. The van der Waals surface area contributed by atoms with E-state index in [1.54, 1.807) is 26.2 Å². The van der Waals surface area contributed by atoms with E-state index in [-0.39, 0.29) is 11.8 Å². The summed E-state index contributed by atoms with van der Waals surface area (Å²) in [7, 11) is 3.45. The van der Waals surface area contributed by atoms with Gasteiger partial charge in [0.15, 0.2) is 5.01 Å². The highest BCUT2D eigenvalue weighted by Crippen LogP contribution is 2.25. The lowest BCUT2D eigenvalue weighted by atomic mass is 10.1. The lowest BCUT2D eigenvalue weighted by Crippen LogP contribution is -2.33. The van der Waals surface area contributed by atoms with Crippen LogP contribution in [0.25, 0.3) is 0 Å². The molecule has 0 saturated heterocycles. The van der Waals surface area contributed by atoms with Crippen LogP contribution >= 0.6 is 22.9 Å². The quantitative estimate of drug-likeness (QED) is 0.808. The Balaban J connectivity index is 1.76. The average molecular weight is 378 g/mol. The van der Waals surface area contributed by atoms with Gasteiger partial charge in [-0.25, -0.2) is 4.98 Å². The lowest BCUT2D eigenvalue weighted by molar-refractivity contribution is 0.0760. The molecule has 0 N–H and O–H groups in total. The summed E-state index contributed by atoms with van der Waals surface area (Å²) in [5.41, 5.74) is 2.40. The monoisotopic (exact) mass is 377 g/mol. The molecule has 0 saturated carbocycles. The molecule has 7 heteroatoms. The molecule has 1 aromatic heterocycles. The van der Waals surface area contributed by atoms with Crippen molar-refractivity contribution in [2.24, 2.45) is 0 Å². The van der Waals surface area contributed by atoms with E-state index in [2.05, 4.69) is 4.98 Å². The smallest absolute Gasteiger partial charge is 0.282 e. The second-order valence-corrected chi connectivity index (χ2v) is 7.78. The molecule has 1 aliphatic heterocycles. The second-order valence-electron chi connectivity index (χ2n) is 6.29. The number of carbonyl (C=O) groups is 2. The van der Waals surface area contributed by atoms with E-state index >= 15 is 0 Å². The largest absolute Gasteiger partial charge is 0.343 e. The highest BCUT2D eigenvalue weighted by atomic mass is 35.5. The molecule has 0 aliphatic carbocycles. The molecule has 0 radical (unpaired) electrons. The van der Waals surface area contributed by atoms with Crippen molar-refractivity contribution in [2.75, 3.05) is 27.2 Å². The Bertz CT molecular complexity index is 806. The Morgan fingerprint density at radius 3 is 2.68 bits per heavy atom. The Kier molecular flexibility index (Phi) is 5.11. The maximum absolute atomic E-state index is 12.9. The highest BCUT2D eigenvalue weighted by molar-refractivity contribution is 7.13. The number of benzene rings is 1. The van der Waals surface area contributed by atoms with E-state index in [9.17, 15) is 9.59 Å². The Morgan fingerprint density at radius 1 is 1.24 bits per heavy atom. The third kappa shape index (κ3) is 3.55. The van der Waals surface area contributed by atoms with Crippen LogP contribution in [0.15, 0.2) is 18.2 Å². The van der Waals surface area contributed by atoms with Gasteiger partial charge >= 0.3 is 0 Å². The van der Waals surface area contributed by atoms with Crippen molar-refractivity contribution in [3.05, 3.63) is 49.9 Å². The van der Waals surface area contributed by atoms with Crippen molar-refractivity contribution in [1.29, 1.82) is 0 Å². The van der Waals surface area contributed by atoms with Crippen molar-refractivity contribution < 1.29 is 9.59 Å². The number of fused-ring (bicyclic) bond motifs is 1. The Labute approximate surface area is 156 Å². The van der Waals surface area contributed by atoms with Crippen molar-refractivity contribution in [2.45, 2.75) is 19.8 Å². The van der Waals surface area contributed by atoms with Gasteiger partial charge in [-0.15, -0.1) is 11.3 Å². The van der Waals surface area contributed by atoms with Crippen LogP contribution in [0.1, 0.15) is 36.3 Å². The van der Waals surface area contributed by atoms with E-state index in [1.807, 2.05) is 17.9 Å². The summed E-state index contributed by atoms with van der Waals surface area (Å²) in [6.45, 7) is 3.08. The van der Waals surface area contributed by atoms with E-state index in [0.717, 1.165) is 22.6 Å². The first kappa shape index (κ1) is 17.9. The lowest BCUT2D eigenvalue weighted by Gasteiger charge is -2.21. The number of nitrogens with zero attached hydrogens (tertiary/aromatic N) is 3. The molecule has 0 atom stereocenters. The molecule has 2 heterocycles. The molecule has 0 unspecified atom stereocenters. The summed E-state index contributed by atoms with van der Waals surface area (Å²) in [5, 5.41) is 1.13. The maximum atomic E-state index is 12.9. The molecule has 3 rings (SSSR count). The molecule has 2 amide bonds. The van der Waals surface area contributed by atoms with Crippen LogP contribution in [0.2, 0.25) is 5.02 Å². The summed E-state index contributed by atoms with van der Waals surface area (Å²) in [4.78, 5) is 33.9. The van der Waals surface area contributed by atoms with E-state index in [0.29, 0.717) is 35.1 Å². The fourth-order valence-corrected chi connectivity index (χ4v) is 4.15. The summed E-state index contributed by atoms with van der Waals surface area (Å²) >= 11 is 7.58. The van der Waals surface area contributed by atoms with Gasteiger partial charge in [-0.1, -0.05) is 17.7 Å². The number of halogens is 1. The predicted molar refractivity (Wildman–Crippen MR) is 99.6 cm³/mol. The zero-order valence-corrected chi connectivity index (χ0v) is 16.1. The number of carbonyl (C=O) groups excluding carboxylic acids is 2. The van der Waals surface area contributed by atoms with E-state index < -0.39 is 0 Å². The van der Waals surface area contributed by atoms with Crippen LogP contribution in [-0.4, -0.2) is 53.8 Å². The molecule has 0 fully saturated rings. The summed E-state index contributed by atoms with van der Waals surface area (Å²) < 4.78 is 0. The fraction of sp³-hybridized carbons (Fsp3) is 0.389. The number of thiazole rings is 1. The maximum Gasteiger partial charge on any atom is 0.282 e. The molecule has 1 aromatic carbocycles. The number of hydrogen-bond acceptors (Lipinski definition) is 4. The van der Waals surface area contributed by atoms with Gasteiger partial charge < -0.3 is 9.80 Å².